The molecule has 0 saturated carbocycles. The Balaban J connectivity index is 1.64. The third-order valence-electron chi connectivity index (χ3n) is 4.28. The maximum Gasteiger partial charge on any atom is 0.306 e. The van der Waals surface area contributed by atoms with Gasteiger partial charge in [-0.05, 0) is 25.5 Å². The number of amides is 3. The van der Waals surface area contributed by atoms with Gasteiger partial charge in [0.15, 0.2) is 11.9 Å². The van der Waals surface area contributed by atoms with Crippen molar-refractivity contribution in [2.45, 2.75) is 32.8 Å². The molecular formula is C18H25N3O6. The van der Waals surface area contributed by atoms with Gasteiger partial charge in [0.1, 0.15) is 0 Å². The summed E-state index contributed by atoms with van der Waals surface area (Å²) in [6.45, 7) is 5.16. The highest BCUT2D eigenvalue weighted by Gasteiger charge is 2.27. The molecule has 3 amide bonds. The molecule has 0 radical (unpaired) electrons. The maximum absolute atomic E-state index is 12.3. The molecule has 1 aromatic heterocycles. The number of nitrogens with zero attached hydrogens (tertiary/aromatic N) is 2. The zero-order valence-corrected chi connectivity index (χ0v) is 15.6. The van der Waals surface area contributed by atoms with E-state index in [2.05, 4.69) is 5.32 Å². The molecule has 1 aliphatic heterocycles. The molecule has 1 aliphatic rings. The summed E-state index contributed by atoms with van der Waals surface area (Å²) in [7, 11) is 0. The summed E-state index contributed by atoms with van der Waals surface area (Å²) < 4.78 is 10.1. The molecule has 1 fully saturated rings. The summed E-state index contributed by atoms with van der Waals surface area (Å²) in [6, 6.07) is 3.16. The van der Waals surface area contributed by atoms with E-state index in [1.54, 1.807) is 21.9 Å². The lowest BCUT2D eigenvalue weighted by atomic mass is 10.2. The molecule has 0 aromatic carbocycles. The van der Waals surface area contributed by atoms with Crippen molar-refractivity contribution < 1.29 is 28.3 Å². The van der Waals surface area contributed by atoms with E-state index in [1.165, 1.54) is 20.1 Å². The lowest BCUT2D eigenvalue weighted by Crippen LogP contribution is -2.52. The molecule has 9 nitrogen and oxygen atoms in total. The van der Waals surface area contributed by atoms with Gasteiger partial charge in [-0.1, -0.05) is 0 Å². The molecule has 1 saturated heterocycles. The second-order valence-corrected chi connectivity index (χ2v) is 6.30. The lowest BCUT2D eigenvalue weighted by molar-refractivity contribution is -0.160. The summed E-state index contributed by atoms with van der Waals surface area (Å²) in [5.41, 5.74) is 0. The highest BCUT2D eigenvalue weighted by atomic mass is 16.5. The number of esters is 1. The SMILES string of the molecule is CC(=O)N1CCN(C(=O)C(C)OC(=O)CCCNC(=O)c2ccco2)CC1. The molecule has 1 unspecified atom stereocenters. The van der Waals surface area contributed by atoms with Crippen LogP contribution in [0.25, 0.3) is 0 Å². The zero-order chi connectivity index (χ0) is 19.8. The second-order valence-electron chi connectivity index (χ2n) is 6.30. The van der Waals surface area contributed by atoms with Gasteiger partial charge in [0.05, 0.1) is 6.26 Å². The Hall–Kier alpha value is -2.84. The van der Waals surface area contributed by atoms with E-state index >= 15 is 0 Å². The number of hydrogen-bond acceptors (Lipinski definition) is 6. The summed E-state index contributed by atoms with van der Waals surface area (Å²) in [5.74, 6) is -0.910. The largest absolute Gasteiger partial charge is 0.459 e. The van der Waals surface area contributed by atoms with E-state index in [9.17, 15) is 19.2 Å². The maximum atomic E-state index is 12.3. The van der Waals surface area contributed by atoms with E-state index in [4.69, 9.17) is 9.15 Å². The van der Waals surface area contributed by atoms with Gasteiger partial charge in [-0.3, -0.25) is 19.2 Å². The fourth-order valence-electron chi connectivity index (χ4n) is 2.73. The van der Waals surface area contributed by atoms with Crippen LogP contribution in [-0.4, -0.2) is 72.3 Å². The first-order valence-electron chi connectivity index (χ1n) is 8.94. The Labute approximate surface area is 157 Å². The standard InChI is InChI=1S/C18H25N3O6/c1-13(18(25)21-10-8-20(9-11-21)14(2)22)27-16(23)6-3-7-19-17(24)15-5-4-12-26-15/h4-5,12-13H,3,6-11H2,1-2H3,(H,19,24). The van der Waals surface area contributed by atoms with Gasteiger partial charge in [-0.2, -0.15) is 0 Å². The summed E-state index contributed by atoms with van der Waals surface area (Å²) in [4.78, 5) is 50.5. The summed E-state index contributed by atoms with van der Waals surface area (Å²) >= 11 is 0. The van der Waals surface area contributed by atoms with Gasteiger partial charge < -0.3 is 24.3 Å². The zero-order valence-electron chi connectivity index (χ0n) is 15.6. The Morgan fingerprint density at radius 1 is 1.19 bits per heavy atom. The minimum Gasteiger partial charge on any atom is -0.459 e. The average Bonchev–Trinajstić information content (AvgIpc) is 3.19. The quantitative estimate of drug-likeness (QED) is 0.543. The smallest absolute Gasteiger partial charge is 0.306 e. The van der Waals surface area contributed by atoms with E-state index in [1.807, 2.05) is 0 Å². The highest BCUT2D eigenvalue weighted by molar-refractivity contribution is 5.91. The molecule has 0 spiro atoms. The molecule has 0 aliphatic carbocycles. The number of carbonyl (C=O) groups excluding carboxylic acids is 4. The second kappa shape index (κ2) is 9.75. The molecule has 0 bridgehead atoms. The van der Waals surface area contributed by atoms with Crippen LogP contribution in [0.15, 0.2) is 22.8 Å². The Morgan fingerprint density at radius 2 is 1.85 bits per heavy atom. The summed E-state index contributed by atoms with van der Waals surface area (Å²) in [6.07, 6.45) is 1.02. The molecule has 27 heavy (non-hydrogen) atoms. The minimum absolute atomic E-state index is 0.0132. The van der Waals surface area contributed by atoms with Crippen LogP contribution >= 0.6 is 0 Å². The lowest BCUT2D eigenvalue weighted by Gasteiger charge is -2.35. The van der Waals surface area contributed by atoms with Crippen LogP contribution in [0.4, 0.5) is 0 Å². The van der Waals surface area contributed by atoms with Crippen molar-refractivity contribution in [3.05, 3.63) is 24.2 Å². The van der Waals surface area contributed by atoms with Crippen LogP contribution in [-0.2, 0) is 19.1 Å². The van der Waals surface area contributed by atoms with Crippen LogP contribution in [0.3, 0.4) is 0 Å². The molecule has 1 atom stereocenters. The first-order chi connectivity index (χ1) is 12.9. The van der Waals surface area contributed by atoms with Crippen molar-refractivity contribution in [3.8, 4) is 0 Å². The predicted molar refractivity (Wildman–Crippen MR) is 94.7 cm³/mol. The van der Waals surface area contributed by atoms with Crippen molar-refractivity contribution >= 4 is 23.7 Å². The number of furan rings is 1. The van der Waals surface area contributed by atoms with Gasteiger partial charge in [-0.15, -0.1) is 0 Å². The fraction of sp³-hybridized carbons (Fsp3) is 0.556. The van der Waals surface area contributed by atoms with Crippen molar-refractivity contribution in [3.63, 3.8) is 0 Å². The molecular weight excluding hydrogens is 354 g/mol. The first-order valence-corrected chi connectivity index (χ1v) is 8.94. The summed E-state index contributed by atoms with van der Waals surface area (Å²) in [5, 5.41) is 2.63. The number of nitrogens with one attached hydrogen (secondary N) is 1. The Morgan fingerprint density at radius 3 is 2.44 bits per heavy atom. The van der Waals surface area contributed by atoms with E-state index in [0.29, 0.717) is 39.1 Å². The van der Waals surface area contributed by atoms with Crippen molar-refractivity contribution in [2.75, 3.05) is 32.7 Å². The third-order valence-corrected chi connectivity index (χ3v) is 4.28. The molecule has 1 aromatic rings. The van der Waals surface area contributed by atoms with Gasteiger partial charge in [0, 0.05) is 46.1 Å². The Kier molecular flexibility index (Phi) is 7.39. The van der Waals surface area contributed by atoms with Gasteiger partial charge in [0.25, 0.3) is 11.8 Å². The average molecular weight is 379 g/mol. The molecule has 2 rings (SSSR count). The molecule has 1 N–H and O–H groups in total. The number of piperazine rings is 1. The molecule has 148 valence electrons. The minimum atomic E-state index is -0.876. The molecule has 2 heterocycles. The Bertz CT molecular complexity index is 665. The van der Waals surface area contributed by atoms with E-state index in [0.717, 1.165) is 0 Å². The van der Waals surface area contributed by atoms with Crippen LogP contribution in [0.5, 0.6) is 0 Å². The number of ether oxygens (including phenoxy) is 1. The van der Waals surface area contributed by atoms with E-state index in [-0.39, 0.29) is 29.9 Å². The predicted octanol–water partition coefficient (Wildman–Crippen LogP) is 0.412. The monoisotopic (exact) mass is 379 g/mol. The first kappa shape index (κ1) is 20.5. The van der Waals surface area contributed by atoms with Gasteiger partial charge in [0.2, 0.25) is 5.91 Å². The highest BCUT2D eigenvalue weighted by Crippen LogP contribution is 2.07. The number of carbonyl (C=O) groups is 4. The van der Waals surface area contributed by atoms with Crippen LogP contribution in [0, 0.1) is 0 Å². The van der Waals surface area contributed by atoms with Crippen LogP contribution in [0.1, 0.15) is 37.2 Å². The normalized spacial score (nSPS) is 15.2. The van der Waals surface area contributed by atoms with Gasteiger partial charge in [-0.25, -0.2) is 0 Å². The van der Waals surface area contributed by atoms with Gasteiger partial charge >= 0.3 is 5.97 Å². The topological polar surface area (TPSA) is 109 Å². The van der Waals surface area contributed by atoms with Crippen molar-refractivity contribution in [1.82, 2.24) is 15.1 Å². The van der Waals surface area contributed by atoms with Crippen LogP contribution in [0.2, 0.25) is 0 Å². The fourth-order valence-corrected chi connectivity index (χ4v) is 2.73. The van der Waals surface area contributed by atoms with Crippen LogP contribution < -0.4 is 5.32 Å². The third kappa shape index (κ3) is 6.12. The molecule has 9 heteroatoms. The van der Waals surface area contributed by atoms with Crippen molar-refractivity contribution in [1.29, 1.82) is 0 Å². The van der Waals surface area contributed by atoms with Crippen molar-refractivity contribution in [2.24, 2.45) is 0 Å². The van der Waals surface area contributed by atoms with E-state index < -0.39 is 12.1 Å². The number of hydrogen-bond donors (Lipinski definition) is 1. The number of rotatable bonds is 7.